The first-order valence-corrected chi connectivity index (χ1v) is 7.80. The molecule has 0 aliphatic rings. The summed E-state index contributed by atoms with van der Waals surface area (Å²) in [7, 11) is 1.65. The third-order valence-electron chi connectivity index (χ3n) is 3.07. The largest absolute Gasteiger partial charge is 0.507 e. The second-order valence-corrected chi connectivity index (χ2v) is 5.63. The van der Waals surface area contributed by atoms with Gasteiger partial charge in [-0.15, -0.1) is 11.8 Å². The van der Waals surface area contributed by atoms with E-state index in [0.717, 1.165) is 22.1 Å². The van der Waals surface area contributed by atoms with Gasteiger partial charge in [0.05, 0.1) is 5.75 Å². The summed E-state index contributed by atoms with van der Waals surface area (Å²) in [5.74, 6) is 0.633. The lowest BCUT2D eigenvalue weighted by molar-refractivity contribution is -0.118. The van der Waals surface area contributed by atoms with Crippen LogP contribution in [0.25, 0.3) is 10.8 Å². The average Bonchev–Trinajstić information content (AvgIpc) is 2.51. The normalized spacial score (nSPS) is 10.7. The van der Waals surface area contributed by atoms with Crippen molar-refractivity contribution in [2.75, 3.05) is 26.0 Å². The molecule has 2 rings (SSSR count). The lowest BCUT2D eigenvalue weighted by Gasteiger charge is -2.08. The highest BCUT2D eigenvalue weighted by Gasteiger charge is 2.07. The maximum absolute atomic E-state index is 11.8. The maximum Gasteiger partial charge on any atom is 0.230 e. The van der Waals surface area contributed by atoms with Crippen LogP contribution in [0.5, 0.6) is 5.75 Å². The van der Waals surface area contributed by atoms with Crippen LogP contribution in [0, 0.1) is 0 Å². The van der Waals surface area contributed by atoms with Crippen LogP contribution in [0.15, 0.2) is 41.3 Å². The Labute approximate surface area is 128 Å². The van der Waals surface area contributed by atoms with E-state index in [9.17, 15) is 9.90 Å². The zero-order valence-electron chi connectivity index (χ0n) is 12.0. The third kappa shape index (κ3) is 4.37. The standard InChI is InChI=1S/C16H19NO3S/c1-20-10-4-9-17-16(19)11-21-15-8-7-14(18)12-5-2-3-6-13(12)15/h2-3,5-8,18H,4,9-11H2,1H3,(H,17,19). The Morgan fingerprint density at radius 3 is 2.76 bits per heavy atom. The molecule has 21 heavy (non-hydrogen) atoms. The van der Waals surface area contributed by atoms with Crippen LogP contribution >= 0.6 is 11.8 Å². The van der Waals surface area contributed by atoms with Gasteiger partial charge in [-0.05, 0) is 23.9 Å². The lowest BCUT2D eigenvalue weighted by Crippen LogP contribution is -2.26. The molecule has 0 fully saturated rings. The Kier molecular flexibility index (Phi) is 5.90. The highest BCUT2D eigenvalue weighted by Crippen LogP contribution is 2.33. The molecular formula is C16H19NO3S. The number of carbonyl (C=O) groups is 1. The average molecular weight is 305 g/mol. The summed E-state index contributed by atoms with van der Waals surface area (Å²) in [6, 6.07) is 11.2. The molecule has 0 bridgehead atoms. The van der Waals surface area contributed by atoms with Crippen molar-refractivity contribution in [3.05, 3.63) is 36.4 Å². The summed E-state index contributed by atoms with van der Waals surface area (Å²) in [6.07, 6.45) is 0.815. The van der Waals surface area contributed by atoms with Gasteiger partial charge < -0.3 is 15.2 Å². The van der Waals surface area contributed by atoms with Gasteiger partial charge in [0.15, 0.2) is 0 Å². The van der Waals surface area contributed by atoms with E-state index in [2.05, 4.69) is 5.32 Å². The SMILES string of the molecule is COCCCNC(=O)CSc1ccc(O)c2ccccc12. The summed E-state index contributed by atoms with van der Waals surface area (Å²) in [5.41, 5.74) is 0. The van der Waals surface area contributed by atoms with Gasteiger partial charge >= 0.3 is 0 Å². The Morgan fingerprint density at radius 1 is 1.24 bits per heavy atom. The molecule has 0 saturated carbocycles. The predicted molar refractivity (Wildman–Crippen MR) is 85.8 cm³/mol. The number of benzene rings is 2. The molecule has 0 spiro atoms. The van der Waals surface area contributed by atoms with Crippen LogP contribution in [0.3, 0.4) is 0 Å². The van der Waals surface area contributed by atoms with E-state index < -0.39 is 0 Å². The van der Waals surface area contributed by atoms with Gasteiger partial charge in [0.25, 0.3) is 0 Å². The van der Waals surface area contributed by atoms with E-state index in [0.29, 0.717) is 18.9 Å². The number of ether oxygens (including phenoxy) is 1. The predicted octanol–water partition coefficient (Wildman–Crippen LogP) is 2.79. The van der Waals surface area contributed by atoms with Gasteiger partial charge in [-0.3, -0.25) is 4.79 Å². The minimum Gasteiger partial charge on any atom is -0.507 e. The van der Waals surface area contributed by atoms with Crippen LogP contribution in [-0.4, -0.2) is 37.0 Å². The molecule has 112 valence electrons. The number of hydrogen-bond donors (Lipinski definition) is 2. The van der Waals surface area contributed by atoms with Crippen molar-refractivity contribution in [2.45, 2.75) is 11.3 Å². The number of thioether (sulfide) groups is 1. The lowest BCUT2D eigenvalue weighted by atomic mass is 10.1. The monoisotopic (exact) mass is 305 g/mol. The second-order valence-electron chi connectivity index (χ2n) is 4.61. The highest BCUT2D eigenvalue weighted by molar-refractivity contribution is 8.00. The van der Waals surface area contributed by atoms with Crippen LogP contribution in [0.1, 0.15) is 6.42 Å². The van der Waals surface area contributed by atoms with E-state index in [1.807, 2.05) is 30.3 Å². The number of amides is 1. The number of carbonyl (C=O) groups excluding carboxylic acids is 1. The van der Waals surface area contributed by atoms with Gasteiger partial charge in [0.2, 0.25) is 5.91 Å². The molecule has 0 aromatic heterocycles. The fourth-order valence-corrected chi connectivity index (χ4v) is 2.91. The first-order chi connectivity index (χ1) is 10.2. The fraction of sp³-hybridized carbons (Fsp3) is 0.312. The van der Waals surface area contributed by atoms with Crippen molar-refractivity contribution in [3.63, 3.8) is 0 Å². The van der Waals surface area contributed by atoms with Crippen molar-refractivity contribution < 1.29 is 14.6 Å². The van der Waals surface area contributed by atoms with E-state index in [1.165, 1.54) is 11.8 Å². The Morgan fingerprint density at radius 2 is 2.00 bits per heavy atom. The quantitative estimate of drug-likeness (QED) is 0.610. The number of nitrogens with one attached hydrogen (secondary N) is 1. The molecule has 1 amide bonds. The first-order valence-electron chi connectivity index (χ1n) is 6.81. The number of methoxy groups -OCH3 is 1. The molecule has 0 unspecified atom stereocenters. The third-order valence-corrected chi connectivity index (χ3v) is 4.14. The Balaban J connectivity index is 1.95. The molecular weight excluding hydrogens is 286 g/mol. The zero-order chi connectivity index (χ0) is 15.1. The van der Waals surface area contributed by atoms with Crippen LogP contribution in [-0.2, 0) is 9.53 Å². The molecule has 4 nitrogen and oxygen atoms in total. The number of aromatic hydroxyl groups is 1. The number of phenols is 1. The second kappa shape index (κ2) is 7.90. The van der Waals surface area contributed by atoms with Crippen molar-refractivity contribution in [1.29, 1.82) is 0 Å². The highest BCUT2D eigenvalue weighted by atomic mass is 32.2. The zero-order valence-corrected chi connectivity index (χ0v) is 12.8. The van der Waals surface area contributed by atoms with Gasteiger partial charge in [-0.25, -0.2) is 0 Å². The van der Waals surface area contributed by atoms with E-state index in [-0.39, 0.29) is 11.7 Å². The number of rotatable bonds is 7. The van der Waals surface area contributed by atoms with E-state index >= 15 is 0 Å². The van der Waals surface area contributed by atoms with Gasteiger partial charge in [-0.1, -0.05) is 24.3 Å². The molecule has 0 aliphatic heterocycles. The summed E-state index contributed by atoms with van der Waals surface area (Å²) < 4.78 is 4.93. The summed E-state index contributed by atoms with van der Waals surface area (Å²) >= 11 is 1.48. The molecule has 0 atom stereocenters. The maximum atomic E-state index is 11.8. The molecule has 2 aromatic carbocycles. The number of fused-ring (bicyclic) bond motifs is 1. The Hall–Kier alpha value is -1.72. The van der Waals surface area contributed by atoms with Gasteiger partial charge in [0.1, 0.15) is 5.75 Å². The Bertz CT molecular complexity index is 615. The fourth-order valence-electron chi connectivity index (χ4n) is 2.02. The van der Waals surface area contributed by atoms with Crippen LogP contribution in [0.2, 0.25) is 0 Å². The topological polar surface area (TPSA) is 58.6 Å². The molecule has 2 aromatic rings. The van der Waals surface area contributed by atoms with Crippen LogP contribution < -0.4 is 5.32 Å². The number of phenolic OH excluding ortho intramolecular Hbond substituents is 1. The minimum absolute atomic E-state index is 0.00765. The van der Waals surface area contributed by atoms with Crippen molar-refractivity contribution in [2.24, 2.45) is 0 Å². The van der Waals surface area contributed by atoms with E-state index in [1.54, 1.807) is 13.2 Å². The molecule has 0 saturated heterocycles. The van der Waals surface area contributed by atoms with Crippen molar-refractivity contribution >= 4 is 28.4 Å². The van der Waals surface area contributed by atoms with Gasteiger partial charge in [-0.2, -0.15) is 0 Å². The summed E-state index contributed by atoms with van der Waals surface area (Å²) in [6.45, 7) is 1.28. The van der Waals surface area contributed by atoms with Crippen LogP contribution in [0.4, 0.5) is 0 Å². The van der Waals surface area contributed by atoms with Gasteiger partial charge in [0, 0.05) is 30.5 Å². The molecule has 0 radical (unpaired) electrons. The van der Waals surface area contributed by atoms with E-state index in [4.69, 9.17) is 4.74 Å². The summed E-state index contributed by atoms with van der Waals surface area (Å²) in [4.78, 5) is 12.8. The summed E-state index contributed by atoms with van der Waals surface area (Å²) in [5, 5.41) is 14.5. The number of hydrogen-bond acceptors (Lipinski definition) is 4. The molecule has 0 aliphatic carbocycles. The first kappa shape index (κ1) is 15.7. The smallest absolute Gasteiger partial charge is 0.230 e. The van der Waals surface area contributed by atoms with Crippen molar-refractivity contribution in [3.8, 4) is 5.75 Å². The molecule has 5 heteroatoms. The minimum atomic E-state index is 0.00765. The molecule has 0 heterocycles. The van der Waals surface area contributed by atoms with Crippen molar-refractivity contribution in [1.82, 2.24) is 5.32 Å². The molecule has 2 N–H and O–H groups in total.